The molecule has 1 atom stereocenters. The molecule has 1 aliphatic rings. The van der Waals surface area contributed by atoms with Crippen LogP contribution in [0.4, 0.5) is 5.69 Å². The van der Waals surface area contributed by atoms with E-state index in [0.29, 0.717) is 26.3 Å². The highest BCUT2D eigenvalue weighted by Crippen LogP contribution is 2.33. The highest BCUT2D eigenvalue weighted by Gasteiger charge is 2.33. The maximum Gasteiger partial charge on any atom is 0.271 e. The predicted molar refractivity (Wildman–Crippen MR) is 130 cm³/mol. The van der Waals surface area contributed by atoms with E-state index in [-0.39, 0.29) is 11.5 Å². The zero-order valence-corrected chi connectivity index (χ0v) is 18.8. The Hall–Kier alpha value is -3.55. The van der Waals surface area contributed by atoms with Crippen LogP contribution < -0.4 is 20.2 Å². The molecular formula is C25H19N3O2S2. The van der Waals surface area contributed by atoms with Crippen LogP contribution in [0.5, 0.6) is 0 Å². The number of para-hydroxylation sites is 1. The highest BCUT2D eigenvalue weighted by atomic mass is 32.1. The summed E-state index contributed by atoms with van der Waals surface area (Å²) in [7, 11) is 0. The second-order valence-electron chi connectivity index (χ2n) is 7.33. The number of benzene rings is 2. The van der Waals surface area contributed by atoms with Crippen molar-refractivity contribution < 1.29 is 4.79 Å². The van der Waals surface area contributed by atoms with Crippen molar-refractivity contribution in [2.45, 2.75) is 13.0 Å². The van der Waals surface area contributed by atoms with Crippen molar-refractivity contribution in [3.63, 3.8) is 0 Å². The lowest BCUT2D eigenvalue weighted by atomic mass is 10.0. The Morgan fingerprint density at radius 1 is 1.03 bits per heavy atom. The van der Waals surface area contributed by atoms with Crippen molar-refractivity contribution in [1.82, 2.24) is 4.57 Å². The van der Waals surface area contributed by atoms with Crippen molar-refractivity contribution in [1.29, 1.82) is 0 Å². The second-order valence-corrected chi connectivity index (χ2v) is 9.32. The molecule has 0 bridgehead atoms. The van der Waals surface area contributed by atoms with Crippen molar-refractivity contribution in [3.05, 3.63) is 120 Å². The van der Waals surface area contributed by atoms with E-state index in [2.05, 4.69) is 10.3 Å². The Morgan fingerprint density at radius 3 is 2.44 bits per heavy atom. The molecule has 1 aliphatic heterocycles. The number of hydrogen-bond acceptors (Lipinski definition) is 5. The first-order chi connectivity index (χ1) is 15.6. The van der Waals surface area contributed by atoms with Crippen molar-refractivity contribution in [2.75, 3.05) is 5.32 Å². The lowest BCUT2D eigenvalue weighted by Crippen LogP contribution is -2.40. The number of carbonyl (C=O) groups is 1. The van der Waals surface area contributed by atoms with Crippen molar-refractivity contribution >= 4 is 40.3 Å². The van der Waals surface area contributed by atoms with Gasteiger partial charge in [-0.15, -0.1) is 11.3 Å². The molecule has 1 amide bonds. The molecule has 5 nitrogen and oxygen atoms in total. The number of anilines is 1. The number of allylic oxidation sites excluding steroid dienone is 1. The van der Waals surface area contributed by atoms with Crippen LogP contribution >= 0.6 is 22.7 Å². The van der Waals surface area contributed by atoms with Gasteiger partial charge in [0.05, 0.1) is 15.8 Å². The number of nitrogens with zero attached hydrogens (tertiary/aromatic N) is 2. The largest absolute Gasteiger partial charge is 0.322 e. The average Bonchev–Trinajstić information content (AvgIpc) is 3.43. The molecular weight excluding hydrogens is 438 g/mol. The van der Waals surface area contributed by atoms with Crippen LogP contribution in [0.25, 0.3) is 6.08 Å². The molecule has 0 spiro atoms. The number of carbonyl (C=O) groups excluding carboxylic acids is 1. The summed E-state index contributed by atoms with van der Waals surface area (Å²) in [4.78, 5) is 33.0. The standard InChI is InChI=1S/C25H19N3O2S2/c1-16-21(23(29)27-18-11-6-3-7-12-18)22(19-13-8-14-31-19)28-24(30)20(32-25(28)26-16)15-17-9-4-2-5-10-17/h2-15,22H,1H3,(H,27,29)/b20-15+. The molecule has 2 aromatic heterocycles. The number of amides is 1. The minimum atomic E-state index is -0.520. The summed E-state index contributed by atoms with van der Waals surface area (Å²) in [5.74, 6) is -0.256. The fourth-order valence-corrected chi connectivity index (χ4v) is 5.62. The summed E-state index contributed by atoms with van der Waals surface area (Å²) in [6.07, 6.45) is 1.87. The van der Waals surface area contributed by atoms with Crippen LogP contribution in [0.15, 0.2) is 99.2 Å². The van der Waals surface area contributed by atoms with E-state index in [4.69, 9.17) is 0 Å². The first kappa shape index (κ1) is 20.4. The van der Waals surface area contributed by atoms with E-state index >= 15 is 0 Å². The average molecular weight is 458 g/mol. The lowest BCUT2D eigenvalue weighted by molar-refractivity contribution is -0.113. The van der Waals surface area contributed by atoms with Gasteiger partial charge in [-0.3, -0.25) is 14.2 Å². The van der Waals surface area contributed by atoms with E-state index < -0.39 is 6.04 Å². The second kappa shape index (κ2) is 8.53. The highest BCUT2D eigenvalue weighted by molar-refractivity contribution is 7.10. The Balaban J connectivity index is 1.66. The summed E-state index contributed by atoms with van der Waals surface area (Å²) < 4.78 is 2.24. The van der Waals surface area contributed by atoms with Gasteiger partial charge in [0, 0.05) is 10.6 Å². The van der Waals surface area contributed by atoms with Gasteiger partial charge >= 0.3 is 0 Å². The van der Waals surface area contributed by atoms with Crippen LogP contribution in [0, 0.1) is 0 Å². The van der Waals surface area contributed by atoms with Crippen LogP contribution in [-0.4, -0.2) is 10.5 Å². The van der Waals surface area contributed by atoms with Crippen LogP contribution in [0.3, 0.4) is 0 Å². The SMILES string of the molecule is CC1=C(C(=O)Nc2ccccc2)C(c2cccs2)n2c(s/c(=C/c3ccccc3)c2=O)=N1. The fraction of sp³-hybridized carbons (Fsp3) is 0.0800. The molecule has 158 valence electrons. The van der Waals surface area contributed by atoms with E-state index in [9.17, 15) is 9.59 Å². The van der Waals surface area contributed by atoms with Gasteiger partial charge in [0.15, 0.2) is 4.80 Å². The molecule has 2 aromatic carbocycles. The van der Waals surface area contributed by atoms with Crippen LogP contribution in [0.1, 0.15) is 23.4 Å². The monoisotopic (exact) mass is 457 g/mol. The minimum Gasteiger partial charge on any atom is -0.322 e. The number of thiophene rings is 1. The van der Waals surface area contributed by atoms with Gasteiger partial charge in [-0.25, -0.2) is 4.99 Å². The predicted octanol–water partition coefficient (Wildman–Crippen LogP) is 3.94. The number of nitrogens with one attached hydrogen (secondary N) is 1. The molecule has 3 heterocycles. The molecule has 32 heavy (non-hydrogen) atoms. The first-order valence-electron chi connectivity index (χ1n) is 10.1. The third-order valence-corrected chi connectivity index (χ3v) is 7.12. The van der Waals surface area contributed by atoms with Gasteiger partial charge in [0.2, 0.25) is 0 Å². The normalized spacial score (nSPS) is 15.9. The van der Waals surface area contributed by atoms with Crippen molar-refractivity contribution in [2.24, 2.45) is 4.99 Å². The molecule has 0 fully saturated rings. The topological polar surface area (TPSA) is 63.5 Å². The number of aromatic nitrogens is 1. The summed E-state index contributed by atoms with van der Waals surface area (Å²) in [5.41, 5.74) is 2.60. The van der Waals surface area contributed by atoms with E-state index in [1.54, 1.807) is 4.57 Å². The van der Waals surface area contributed by atoms with Crippen LogP contribution in [-0.2, 0) is 4.79 Å². The number of hydrogen-bond donors (Lipinski definition) is 1. The zero-order chi connectivity index (χ0) is 22.1. The lowest BCUT2D eigenvalue weighted by Gasteiger charge is -2.24. The molecule has 1 unspecified atom stereocenters. The van der Waals surface area contributed by atoms with Crippen LogP contribution in [0.2, 0.25) is 0 Å². The maximum atomic E-state index is 13.5. The van der Waals surface area contributed by atoms with E-state index in [1.807, 2.05) is 91.2 Å². The summed E-state index contributed by atoms with van der Waals surface area (Å²) in [5, 5.41) is 4.91. The van der Waals surface area contributed by atoms with Gasteiger partial charge in [-0.2, -0.15) is 0 Å². The zero-order valence-electron chi connectivity index (χ0n) is 17.2. The summed E-state index contributed by atoms with van der Waals surface area (Å²) in [6.45, 7) is 1.83. The minimum absolute atomic E-state index is 0.145. The molecule has 0 radical (unpaired) electrons. The summed E-state index contributed by atoms with van der Waals surface area (Å²) >= 11 is 2.87. The Bertz CT molecular complexity index is 1480. The molecule has 4 aromatic rings. The third-order valence-electron chi connectivity index (χ3n) is 5.21. The van der Waals surface area contributed by atoms with E-state index in [0.717, 1.165) is 10.4 Å². The first-order valence-corrected chi connectivity index (χ1v) is 11.8. The Morgan fingerprint density at radius 2 is 1.75 bits per heavy atom. The molecule has 7 heteroatoms. The Kier molecular flexibility index (Phi) is 5.43. The number of thiazole rings is 1. The van der Waals surface area contributed by atoms with Gasteiger partial charge in [0.25, 0.3) is 11.5 Å². The van der Waals surface area contributed by atoms with E-state index in [1.165, 1.54) is 22.7 Å². The smallest absolute Gasteiger partial charge is 0.271 e. The third kappa shape index (κ3) is 3.77. The quantitative estimate of drug-likeness (QED) is 0.505. The van der Waals surface area contributed by atoms with Gasteiger partial charge < -0.3 is 5.32 Å². The van der Waals surface area contributed by atoms with Gasteiger partial charge in [0.1, 0.15) is 6.04 Å². The molecule has 1 N–H and O–H groups in total. The molecule has 0 saturated carbocycles. The summed E-state index contributed by atoms with van der Waals surface area (Å²) in [6, 6.07) is 22.4. The molecule has 0 aliphatic carbocycles. The maximum absolute atomic E-state index is 13.5. The number of rotatable bonds is 4. The Labute approximate surface area is 192 Å². The molecule has 0 saturated heterocycles. The van der Waals surface area contributed by atoms with Crippen molar-refractivity contribution in [3.8, 4) is 0 Å². The van der Waals surface area contributed by atoms with Gasteiger partial charge in [-0.05, 0) is 42.1 Å². The molecule has 5 rings (SSSR count). The number of fused-ring (bicyclic) bond motifs is 1. The fourth-order valence-electron chi connectivity index (χ4n) is 3.75. The van der Waals surface area contributed by atoms with Gasteiger partial charge in [-0.1, -0.05) is 65.9 Å².